The summed E-state index contributed by atoms with van der Waals surface area (Å²) >= 11 is 0. The molecule has 0 aromatic heterocycles. The Morgan fingerprint density at radius 1 is 1.03 bits per heavy atom. The fourth-order valence-electron chi connectivity index (χ4n) is 2.60. The van der Waals surface area contributed by atoms with Gasteiger partial charge in [0, 0.05) is 18.2 Å². The van der Waals surface area contributed by atoms with Crippen LogP contribution in [0.25, 0.3) is 6.08 Å². The molecule has 2 aromatic carbocycles. The highest BCUT2D eigenvalue weighted by atomic mass is 16.5. The third kappa shape index (κ3) is 7.85. The third-order valence-corrected chi connectivity index (χ3v) is 4.08. The molecule has 2 aromatic rings. The van der Waals surface area contributed by atoms with Crippen molar-refractivity contribution in [1.82, 2.24) is 10.6 Å². The SMILES string of the molecule is COc1cc(/C=C/C(=O)NCc2ccc(C(=O)NCC(N)=O)cc2)ccc1OC(C)C. The lowest BCUT2D eigenvalue weighted by Crippen LogP contribution is -2.33. The number of rotatable bonds is 10. The van der Waals surface area contributed by atoms with E-state index < -0.39 is 11.8 Å². The molecular formula is C23H27N3O5. The van der Waals surface area contributed by atoms with E-state index in [-0.39, 0.29) is 18.6 Å². The van der Waals surface area contributed by atoms with Crippen molar-refractivity contribution >= 4 is 23.8 Å². The van der Waals surface area contributed by atoms with Crippen LogP contribution in [0.3, 0.4) is 0 Å². The van der Waals surface area contributed by atoms with Gasteiger partial charge in [-0.1, -0.05) is 18.2 Å². The standard InChI is InChI=1S/C23H27N3O5/c1-15(2)31-19-10-6-16(12-20(19)30-3)7-11-22(28)25-13-17-4-8-18(9-5-17)23(29)26-14-21(24)27/h4-12,15H,13-14H2,1-3H3,(H2,24,27)(H,25,28)(H,26,29)/b11-7+. The van der Waals surface area contributed by atoms with E-state index in [2.05, 4.69) is 10.6 Å². The van der Waals surface area contributed by atoms with Gasteiger partial charge in [-0.25, -0.2) is 0 Å². The fraction of sp³-hybridized carbons (Fsp3) is 0.261. The van der Waals surface area contributed by atoms with Crippen molar-refractivity contribution in [3.8, 4) is 11.5 Å². The van der Waals surface area contributed by atoms with E-state index in [1.807, 2.05) is 19.9 Å². The van der Waals surface area contributed by atoms with Crippen molar-refractivity contribution in [3.05, 3.63) is 65.2 Å². The van der Waals surface area contributed by atoms with Gasteiger partial charge in [0.2, 0.25) is 11.8 Å². The summed E-state index contributed by atoms with van der Waals surface area (Å²) < 4.78 is 11.0. The summed E-state index contributed by atoms with van der Waals surface area (Å²) in [5, 5.41) is 5.19. The number of nitrogens with two attached hydrogens (primary N) is 1. The molecule has 3 amide bonds. The van der Waals surface area contributed by atoms with Crippen molar-refractivity contribution in [2.45, 2.75) is 26.5 Å². The Hall–Kier alpha value is -3.81. The van der Waals surface area contributed by atoms with E-state index in [1.54, 1.807) is 49.6 Å². The van der Waals surface area contributed by atoms with Gasteiger partial charge in [0.1, 0.15) is 0 Å². The highest BCUT2D eigenvalue weighted by Crippen LogP contribution is 2.29. The minimum atomic E-state index is -0.612. The van der Waals surface area contributed by atoms with Crippen molar-refractivity contribution < 1.29 is 23.9 Å². The minimum Gasteiger partial charge on any atom is -0.493 e. The van der Waals surface area contributed by atoms with Gasteiger partial charge in [-0.2, -0.15) is 0 Å². The average Bonchev–Trinajstić information content (AvgIpc) is 2.75. The summed E-state index contributed by atoms with van der Waals surface area (Å²) in [6.07, 6.45) is 3.15. The molecule has 2 rings (SSSR count). The van der Waals surface area contributed by atoms with Gasteiger partial charge in [0.15, 0.2) is 11.5 Å². The average molecular weight is 425 g/mol. The fourth-order valence-corrected chi connectivity index (χ4v) is 2.60. The molecule has 0 saturated heterocycles. The van der Waals surface area contributed by atoms with Gasteiger partial charge in [-0.15, -0.1) is 0 Å². The molecule has 0 heterocycles. The highest BCUT2D eigenvalue weighted by Gasteiger charge is 2.08. The smallest absolute Gasteiger partial charge is 0.251 e. The van der Waals surface area contributed by atoms with Crippen LogP contribution in [-0.2, 0) is 16.1 Å². The second-order valence-electron chi connectivity index (χ2n) is 6.97. The van der Waals surface area contributed by atoms with Crippen molar-refractivity contribution in [3.63, 3.8) is 0 Å². The second kappa shape index (κ2) is 11.4. The number of carbonyl (C=O) groups is 3. The van der Waals surface area contributed by atoms with Crippen LogP contribution in [-0.4, -0.2) is 37.5 Å². The van der Waals surface area contributed by atoms with Gasteiger partial charge in [0.25, 0.3) is 5.91 Å². The van der Waals surface area contributed by atoms with Gasteiger partial charge in [0.05, 0.1) is 19.8 Å². The van der Waals surface area contributed by atoms with E-state index in [9.17, 15) is 14.4 Å². The molecule has 8 heteroatoms. The molecule has 0 radical (unpaired) electrons. The minimum absolute atomic E-state index is 0.0275. The Labute approximate surface area is 181 Å². The lowest BCUT2D eigenvalue weighted by atomic mass is 10.1. The Kier molecular flexibility index (Phi) is 8.63. The quantitative estimate of drug-likeness (QED) is 0.503. The Morgan fingerprint density at radius 2 is 1.74 bits per heavy atom. The number of hydrogen-bond donors (Lipinski definition) is 3. The number of ether oxygens (including phenoxy) is 2. The van der Waals surface area contributed by atoms with Gasteiger partial charge >= 0.3 is 0 Å². The monoisotopic (exact) mass is 425 g/mol. The van der Waals surface area contributed by atoms with Crippen LogP contribution in [0.1, 0.15) is 35.3 Å². The topological polar surface area (TPSA) is 120 Å². The predicted molar refractivity (Wildman–Crippen MR) is 118 cm³/mol. The van der Waals surface area contributed by atoms with E-state index in [1.165, 1.54) is 6.08 Å². The number of carbonyl (C=O) groups excluding carboxylic acids is 3. The van der Waals surface area contributed by atoms with Crippen molar-refractivity contribution in [2.24, 2.45) is 5.73 Å². The van der Waals surface area contributed by atoms with E-state index in [0.29, 0.717) is 23.6 Å². The summed E-state index contributed by atoms with van der Waals surface area (Å²) in [6.45, 7) is 3.95. The first kappa shape index (κ1) is 23.5. The Balaban J connectivity index is 1.89. The summed E-state index contributed by atoms with van der Waals surface area (Å²) in [5.74, 6) is -0.0246. The largest absolute Gasteiger partial charge is 0.493 e. The van der Waals surface area contributed by atoms with Crippen molar-refractivity contribution in [1.29, 1.82) is 0 Å². The number of benzene rings is 2. The van der Waals surface area contributed by atoms with E-state index >= 15 is 0 Å². The van der Waals surface area contributed by atoms with Crippen LogP contribution in [0, 0.1) is 0 Å². The van der Waals surface area contributed by atoms with Crippen LogP contribution >= 0.6 is 0 Å². The molecule has 8 nitrogen and oxygen atoms in total. The summed E-state index contributed by atoms with van der Waals surface area (Å²) in [4.78, 5) is 34.7. The first-order valence-corrected chi connectivity index (χ1v) is 9.74. The number of amides is 3. The highest BCUT2D eigenvalue weighted by molar-refractivity contribution is 5.96. The molecule has 0 aliphatic heterocycles. The number of nitrogens with one attached hydrogen (secondary N) is 2. The first-order valence-electron chi connectivity index (χ1n) is 9.74. The normalized spacial score (nSPS) is 10.7. The molecule has 0 saturated carbocycles. The molecule has 31 heavy (non-hydrogen) atoms. The molecule has 0 aliphatic rings. The Morgan fingerprint density at radius 3 is 2.35 bits per heavy atom. The number of hydrogen-bond acceptors (Lipinski definition) is 5. The molecule has 0 aliphatic carbocycles. The molecule has 0 fully saturated rings. The molecule has 4 N–H and O–H groups in total. The lowest BCUT2D eigenvalue weighted by molar-refractivity contribution is -0.117. The van der Waals surface area contributed by atoms with E-state index in [0.717, 1.165) is 11.1 Å². The number of primary amides is 1. The molecule has 0 spiro atoms. The summed E-state index contributed by atoms with van der Waals surface area (Å²) in [6, 6.07) is 12.1. The third-order valence-electron chi connectivity index (χ3n) is 4.08. The zero-order valence-corrected chi connectivity index (χ0v) is 17.8. The Bertz CT molecular complexity index is 952. The maximum absolute atomic E-state index is 12.1. The van der Waals surface area contributed by atoms with Gasteiger partial charge in [-0.05, 0) is 55.3 Å². The van der Waals surface area contributed by atoms with Gasteiger partial charge in [-0.3, -0.25) is 14.4 Å². The van der Waals surface area contributed by atoms with Gasteiger partial charge < -0.3 is 25.8 Å². The second-order valence-corrected chi connectivity index (χ2v) is 6.97. The summed E-state index contributed by atoms with van der Waals surface area (Å²) in [7, 11) is 1.56. The van der Waals surface area contributed by atoms with Crippen LogP contribution in [0.4, 0.5) is 0 Å². The molecule has 0 bridgehead atoms. The molecule has 0 unspecified atom stereocenters. The first-order chi connectivity index (χ1) is 14.8. The molecule has 164 valence electrons. The molecule has 0 atom stereocenters. The lowest BCUT2D eigenvalue weighted by Gasteiger charge is -2.13. The maximum atomic E-state index is 12.1. The zero-order valence-electron chi connectivity index (χ0n) is 17.8. The molecular weight excluding hydrogens is 398 g/mol. The predicted octanol–water partition coefficient (Wildman–Crippen LogP) is 2.03. The van der Waals surface area contributed by atoms with Crippen LogP contribution in [0.5, 0.6) is 11.5 Å². The van der Waals surface area contributed by atoms with Crippen LogP contribution in [0.2, 0.25) is 0 Å². The van der Waals surface area contributed by atoms with E-state index in [4.69, 9.17) is 15.2 Å². The van der Waals surface area contributed by atoms with Crippen LogP contribution in [0.15, 0.2) is 48.5 Å². The number of methoxy groups -OCH3 is 1. The zero-order chi connectivity index (χ0) is 22.8. The van der Waals surface area contributed by atoms with Crippen molar-refractivity contribution in [2.75, 3.05) is 13.7 Å². The maximum Gasteiger partial charge on any atom is 0.251 e. The summed E-state index contributed by atoms with van der Waals surface area (Å²) in [5.41, 5.74) is 7.02. The van der Waals surface area contributed by atoms with Crippen LogP contribution < -0.4 is 25.8 Å².